The largest absolute Gasteiger partial charge is 0.488 e. The average Bonchev–Trinajstić information content (AvgIpc) is 2.48. The molecule has 0 aliphatic carbocycles. The van der Waals surface area contributed by atoms with Crippen molar-refractivity contribution >= 4 is 0 Å². The van der Waals surface area contributed by atoms with Crippen LogP contribution in [0.3, 0.4) is 0 Å². The second-order valence-corrected chi connectivity index (χ2v) is 3.41. The van der Waals surface area contributed by atoms with Crippen molar-refractivity contribution in [3.63, 3.8) is 0 Å². The summed E-state index contributed by atoms with van der Waals surface area (Å²) < 4.78 is 7.08. The van der Waals surface area contributed by atoms with Crippen molar-refractivity contribution < 1.29 is 9.84 Å². The number of hydrogen-bond acceptors (Lipinski definition) is 3. The molecule has 1 heterocycles. The summed E-state index contributed by atoms with van der Waals surface area (Å²) in [5.74, 6) is 0.703. The lowest BCUT2D eigenvalue weighted by atomic mass is 10.4. The zero-order valence-corrected chi connectivity index (χ0v) is 8.27. The molecule has 0 saturated carbocycles. The molecule has 1 aromatic heterocycles. The van der Waals surface area contributed by atoms with Gasteiger partial charge in [-0.15, -0.1) is 0 Å². The van der Waals surface area contributed by atoms with Crippen LogP contribution in [-0.2, 0) is 0 Å². The maximum Gasteiger partial charge on any atom is 0.157 e. The number of nitrogens with zero attached hydrogens (tertiary/aromatic N) is 2. The molecule has 0 fully saturated rings. The standard InChI is InChI=1S/C9H16N2O2/c1-7(2)11-5-9(4-10-11)13-6-8(3)12/h4-5,7-8,12H,6H2,1-3H3/t8-/m1/s1. The Morgan fingerprint density at radius 3 is 2.69 bits per heavy atom. The van der Waals surface area contributed by atoms with Gasteiger partial charge in [-0.25, -0.2) is 0 Å². The van der Waals surface area contributed by atoms with Gasteiger partial charge in [0.1, 0.15) is 6.61 Å². The maximum absolute atomic E-state index is 8.98. The van der Waals surface area contributed by atoms with E-state index in [0.717, 1.165) is 0 Å². The van der Waals surface area contributed by atoms with Gasteiger partial charge in [0.05, 0.1) is 18.5 Å². The zero-order valence-electron chi connectivity index (χ0n) is 8.27. The average molecular weight is 184 g/mol. The molecule has 1 aromatic rings. The minimum absolute atomic E-state index is 0.309. The molecule has 0 unspecified atom stereocenters. The molecule has 4 heteroatoms. The van der Waals surface area contributed by atoms with E-state index in [1.54, 1.807) is 13.1 Å². The van der Waals surface area contributed by atoms with Crippen LogP contribution in [0.4, 0.5) is 0 Å². The zero-order chi connectivity index (χ0) is 9.84. The predicted octanol–water partition coefficient (Wildman–Crippen LogP) is 1.22. The molecular formula is C9H16N2O2. The Balaban J connectivity index is 2.49. The summed E-state index contributed by atoms with van der Waals surface area (Å²) in [5.41, 5.74) is 0. The Morgan fingerprint density at radius 1 is 1.54 bits per heavy atom. The quantitative estimate of drug-likeness (QED) is 0.765. The predicted molar refractivity (Wildman–Crippen MR) is 49.8 cm³/mol. The summed E-state index contributed by atoms with van der Waals surface area (Å²) in [6.45, 7) is 6.09. The summed E-state index contributed by atoms with van der Waals surface area (Å²) in [6, 6.07) is 0.337. The van der Waals surface area contributed by atoms with Crippen molar-refractivity contribution in [2.75, 3.05) is 6.61 Å². The highest BCUT2D eigenvalue weighted by Crippen LogP contribution is 2.12. The van der Waals surface area contributed by atoms with Crippen LogP contribution in [0.1, 0.15) is 26.8 Å². The van der Waals surface area contributed by atoms with Crippen LogP contribution in [0.15, 0.2) is 12.4 Å². The molecule has 0 saturated heterocycles. The first kappa shape index (κ1) is 10.1. The molecule has 0 spiro atoms. The topological polar surface area (TPSA) is 47.3 Å². The minimum Gasteiger partial charge on any atom is -0.488 e. The van der Waals surface area contributed by atoms with E-state index in [4.69, 9.17) is 9.84 Å². The van der Waals surface area contributed by atoms with Gasteiger partial charge < -0.3 is 9.84 Å². The molecule has 4 nitrogen and oxygen atoms in total. The number of aromatic nitrogens is 2. The van der Waals surface area contributed by atoms with Gasteiger partial charge in [-0.3, -0.25) is 4.68 Å². The van der Waals surface area contributed by atoms with E-state index in [9.17, 15) is 0 Å². The summed E-state index contributed by atoms with van der Waals surface area (Å²) in [7, 11) is 0. The first-order chi connectivity index (χ1) is 6.09. The van der Waals surface area contributed by atoms with E-state index in [0.29, 0.717) is 18.4 Å². The Morgan fingerprint density at radius 2 is 2.23 bits per heavy atom. The Bertz CT molecular complexity index is 256. The van der Waals surface area contributed by atoms with Crippen LogP contribution in [0, 0.1) is 0 Å². The van der Waals surface area contributed by atoms with Crippen LogP contribution in [-0.4, -0.2) is 27.6 Å². The maximum atomic E-state index is 8.98. The lowest BCUT2D eigenvalue weighted by Crippen LogP contribution is -2.12. The molecule has 13 heavy (non-hydrogen) atoms. The molecule has 1 atom stereocenters. The fourth-order valence-electron chi connectivity index (χ4n) is 0.894. The van der Waals surface area contributed by atoms with Crippen LogP contribution in [0.25, 0.3) is 0 Å². The number of aliphatic hydroxyl groups is 1. The normalized spacial score (nSPS) is 13.3. The van der Waals surface area contributed by atoms with Gasteiger partial charge in [-0.1, -0.05) is 0 Å². The van der Waals surface area contributed by atoms with Crippen molar-refractivity contribution in [3.05, 3.63) is 12.4 Å². The van der Waals surface area contributed by atoms with E-state index in [2.05, 4.69) is 5.10 Å². The molecule has 0 radical (unpaired) electrons. The van der Waals surface area contributed by atoms with Gasteiger partial charge in [0.15, 0.2) is 5.75 Å². The fraction of sp³-hybridized carbons (Fsp3) is 0.667. The van der Waals surface area contributed by atoms with Crippen molar-refractivity contribution in [2.45, 2.75) is 32.9 Å². The number of aliphatic hydroxyl groups excluding tert-OH is 1. The van der Waals surface area contributed by atoms with Gasteiger partial charge in [0.25, 0.3) is 0 Å². The highest BCUT2D eigenvalue weighted by molar-refractivity contribution is 5.11. The minimum atomic E-state index is -0.442. The summed E-state index contributed by atoms with van der Waals surface area (Å²) in [5, 5.41) is 13.1. The van der Waals surface area contributed by atoms with E-state index < -0.39 is 6.10 Å². The Kier molecular flexibility index (Phi) is 3.31. The number of hydrogen-bond donors (Lipinski definition) is 1. The highest BCUT2D eigenvalue weighted by atomic mass is 16.5. The Hall–Kier alpha value is -1.03. The van der Waals surface area contributed by atoms with Gasteiger partial charge >= 0.3 is 0 Å². The molecule has 1 N–H and O–H groups in total. The van der Waals surface area contributed by atoms with Crippen molar-refractivity contribution in [2.24, 2.45) is 0 Å². The molecule has 0 aromatic carbocycles. The lowest BCUT2D eigenvalue weighted by molar-refractivity contribution is 0.122. The fourth-order valence-corrected chi connectivity index (χ4v) is 0.894. The molecule has 0 amide bonds. The smallest absolute Gasteiger partial charge is 0.157 e. The number of ether oxygens (including phenoxy) is 1. The molecule has 74 valence electrons. The van der Waals surface area contributed by atoms with Gasteiger partial charge in [0.2, 0.25) is 0 Å². The first-order valence-corrected chi connectivity index (χ1v) is 4.44. The monoisotopic (exact) mass is 184 g/mol. The van der Waals surface area contributed by atoms with Crippen molar-refractivity contribution in [1.82, 2.24) is 9.78 Å². The second-order valence-electron chi connectivity index (χ2n) is 3.41. The van der Waals surface area contributed by atoms with Crippen molar-refractivity contribution in [3.8, 4) is 5.75 Å². The Labute approximate surface area is 78.1 Å². The molecule has 1 rings (SSSR count). The first-order valence-electron chi connectivity index (χ1n) is 4.44. The molecular weight excluding hydrogens is 168 g/mol. The molecule has 0 bridgehead atoms. The van der Waals surface area contributed by atoms with Gasteiger partial charge in [-0.2, -0.15) is 5.10 Å². The van der Waals surface area contributed by atoms with E-state index in [1.807, 2.05) is 24.7 Å². The van der Waals surface area contributed by atoms with Gasteiger partial charge in [0, 0.05) is 6.04 Å². The third kappa shape index (κ3) is 3.06. The summed E-state index contributed by atoms with van der Waals surface area (Å²) >= 11 is 0. The summed E-state index contributed by atoms with van der Waals surface area (Å²) in [6.07, 6.45) is 3.04. The number of rotatable bonds is 4. The van der Waals surface area contributed by atoms with E-state index in [-0.39, 0.29) is 0 Å². The van der Waals surface area contributed by atoms with E-state index >= 15 is 0 Å². The van der Waals surface area contributed by atoms with Crippen LogP contribution >= 0.6 is 0 Å². The summed E-state index contributed by atoms with van der Waals surface area (Å²) in [4.78, 5) is 0. The third-order valence-corrected chi connectivity index (χ3v) is 1.60. The van der Waals surface area contributed by atoms with Crippen LogP contribution in [0.5, 0.6) is 5.75 Å². The van der Waals surface area contributed by atoms with E-state index in [1.165, 1.54) is 0 Å². The molecule has 0 aliphatic heterocycles. The molecule has 0 aliphatic rings. The lowest BCUT2D eigenvalue weighted by Gasteiger charge is -2.05. The second kappa shape index (κ2) is 4.28. The van der Waals surface area contributed by atoms with Crippen LogP contribution in [0.2, 0.25) is 0 Å². The van der Waals surface area contributed by atoms with Gasteiger partial charge in [-0.05, 0) is 20.8 Å². The highest BCUT2D eigenvalue weighted by Gasteiger charge is 2.03. The third-order valence-electron chi connectivity index (χ3n) is 1.60. The SMILES string of the molecule is CC(C)n1cc(OC[C@@H](C)O)cn1. The van der Waals surface area contributed by atoms with Crippen molar-refractivity contribution in [1.29, 1.82) is 0 Å². The van der Waals surface area contributed by atoms with Crippen LogP contribution < -0.4 is 4.74 Å².